The molecule has 0 fully saturated rings. The molecule has 1 aromatic heterocycles. The van der Waals surface area contributed by atoms with Crippen LogP contribution in [0.4, 0.5) is 10.1 Å². The molecule has 1 atom stereocenters. The van der Waals surface area contributed by atoms with Gasteiger partial charge in [0.05, 0.1) is 0 Å². The Morgan fingerprint density at radius 1 is 1.38 bits per heavy atom. The molecule has 1 aromatic carbocycles. The summed E-state index contributed by atoms with van der Waals surface area (Å²) in [5, 5.41) is 3.45. The zero-order valence-electron chi connectivity index (χ0n) is 11.9. The molecule has 1 unspecified atom stereocenters. The molecule has 0 aliphatic heterocycles. The second kappa shape index (κ2) is 7.52. The molecule has 3 N–H and O–H groups in total. The molecule has 5 heteroatoms. The lowest BCUT2D eigenvalue weighted by atomic mass is 9.98. The minimum atomic E-state index is -0.248. The standard InChI is InChI=1S/C16H19BrFN3/c1-2-4-21-16(8-12-10-20-5-3-15(12)19)11-6-13(17)9-14(18)7-11/h3,5-7,9-10,16,21H,2,4,8H2,1H3,(H2,19,20). The van der Waals surface area contributed by atoms with Crippen LogP contribution in [-0.4, -0.2) is 11.5 Å². The first kappa shape index (κ1) is 15.9. The van der Waals surface area contributed by atoms with Crippen molar-refractivity contribution < 1.29 is 4.39 Å². The molecule has 2 rings (SSSR count). The highest BCUT2D eigenvalue weighted by molar-refractivity contribution is 9.10. The maximum Gasteiger partial charge on any atom is 0.124 e. The van der Waals surface area contributed by atoms with Crippen molar-refractivity contribution >= 4 is 21.6 Å². The number of hydrogen-bond acceptors (Lipinski definition) is 3. The van der Waals surface area contributed by atoms with E-state index in [1.165, 1.54) is 6.07 Å². The highest BCUT2D eigenvalue weighted by atomic mass is 79.9. The fourth-order valence-electron chi connectivity index (χ4n) is 2.23. The molecule has 0 aliphatic rings. The van der Waals surface area contributed by atoms with Crippen LogP contribution in [0.25, 0.3) is 0 Å². The molecule has 21 heavy (non-hydrogen) atoms. The van der Waals surface area contributed by atoms with Crippen LogP contribution in [0.2, 0.25) is 0 Å². The Balaban J connectivity index is 2.27. The number of benzene rings is 1. The lowest BCUT2D eigenvalue weighted by Crippen LogP contribution is -2.24. The molecule has 0 bridgehead atoms. The first-order valence-corrected chi connectivity index (χ1v) is 7.77. The summed E-state index contributed by atoms with van der Waals surface area (Å²) in [7, 11) is 0. The third-order valence-electron chi connectivity index (χ3n) is 3.29. The molecule has 0 amide bonds. The van der Waals surface area contributed by atoms with Crippen molar-refractivity contribution in [2.75, 3.05) is 12.3 Å². The number of pyridine rings is 1. The second-order valence-corrected chi connectivity index (χ2v) is 5.90. The highest BCUT2D eigenvalue weighted by Gasteiger charge is 2.15. The van der Waals surface area contributed by atoms with Gasteiger partial charge < -0.3 is 11.1 Å². The summed E-state index contributed by atoms with van der Waals surface area (Å²) >= 11 is 3.34. The molecule has 112 valence electrons. The van der Waals surface area contributed by atoms with Crippen LogP contribution in [0.5, 0.6) is 0 Å². The Labute approximate surface area is 132 Å². The van der Waals surface area contributed by atoms with E-state index in [4.69, 9.17) is 5.73 Å². The van der Waals surface area contributed by atoms with Crippen LogP contribution in [-0.2, 0) is 6.42 Å². The minimum absolute atomic E-state index is 0.00319. The molecule has 1 heterocycles. The number of hydrogen-bond donors (Lipinski definition) is 2. The SMILES string of the molecule is CCCNC(Cc1cnccc1N)c1cc(F)cc(Br)c1. The second-order valence-electron chi connectivity index (χ2n) is 4.99. The summed E-state index contributed by atoms with van der Waals surface area (Å²) in [4.78, 5) is 4.12. The smallest absolute Gasteiger partial charge is 0.124 e. The topological polar surface area (TPSA) is 50.9 Å². The Bertz CT molecular complexity index is 584. The quantitative estimate of drug-likeness (QED) is 0.830. The lowest BCUT2D eigenvalue weighted by Gasteiger charge is -2.20. The van der Waals surface area contributed by atoms with Gasteiger partial charge in [0.1, 0.15) is 5.82 Å². The van der Waals surface area contributed by atoms with Crippen molar-refractivity contribution in [3.8, 4) is 0 Å². The van der Waals surface area contributed by atoms with Crippen molar-refractivity contribution in [2.45, 2.75) is 25.8 Å². The predicted molar refractivity (Wildman–Crippen MR) is 87.5 cm³/mol. The summed E-state index contributed by atoms with van der Waals surface area (Å²) in [5.74, 6) is -0.248. The van der Waals surface area contributed by atoms with E-state index in [0.717, 1.165) is 28.6 Å². The molecule has 3 nitrogen and oxygen atoms in total. The maximum atomic E-state index is 13.6. The van der Waals surface area contributed by atoms with Crippen LogP contribution >= 0.6 is 15.9 Å². The first-order valence-electron chi connectivity index (χ1n) is 6.98. The van der Waals surface area contributed by atoms with Crippen molar-refractivity contribution in [1.29, 1.82) is 0 Å². The third-order valence-corrected chi connectivity index (χ3v) is 3.75. The lowest BCUT2D eigenvalue weighted by molar-refractivity contribution is 0.524. The predicted octanol–water partition coefficient (Wildman–Crippen LogP) is 3.85. The number of halogens is 2. The number of nitrogens with two attached hydrogens (primary N) is 1. The molecule has 0 aliphatic carbocycles. The number of aromatic nitrogens is 1. The van der Waals surface area contributed by atoms with E-state index in [0.29, 0.717) is 12.1 Å². The number of anilines is 1. The van der Waals surface area contributed by atoms with Gasteiger partial charge in [-0.2, -0.15) is 0 Å². The molecular weight excluding hydrogens is 333 g/mol. The van der Waals surface area contributed by atoms with Crippen LogP contribution in [0.3, 0.4) is 0 Å². The first-order chi connectivity index (χ1) is 10.1. The van der Waals surface area contributed by atoms with Gasteiger partial charge in [0.2, 0.25) is 0 Å². The molecule has 0 spiro atoms. The average Bonchev–Trinajstić information content (AvgIpc) is 2.44. The van der Waals surface area contributed by atoms with Gasteiger partial charge >= 0.3 is 0 Å². The summed E-state index contributed by atoms with van der Waals surface area (Å²) < 4.78 is 14.4. The van der Waals surface area contributed by atoms with E-state index < -0.39 is 0 Å². The summed E-state index contributed by atoms with van der Waals surface area (Å²) in [6, 6.07) is 6.74. The maximum absolute atomic E-state index is 13.6. The largest absolute Gasteiger partial charge is 0.398 e. The number of nitrogens with zero attached hydrogens (tertiary/aromatic N) is 1. The van der Waals surface area contributed by atoms with Crippen LogP contribution in [0.1, 0.15) is 30.5 Å². The van der Waals surface area contributed by atoms with Gasteiger partial charge in [-0.1, -0.05) is 22.9 Å². The van der Waals surface area contributed by atoms with Crippen molar-refractivity contribution in [3.63, 3.8) is 0 Å². The van der Waals surface area contributed by atoms with E-state index in [1.54, 1.807) is 24.5 Å². The Morgan fingerprint density at radius 3 is 2.86 bits per heavy atom. The van der Waals surface area contributed by atoms with Crippen molar-refractivity contribution in [2.24, 2.45) is 0 Å². The van der Waals surface area contributed by atoms with Gasteiger partial charge in [-0.05, 0) is 54.8 Å². The van der Waals surface area contributed by atoms with E-state index in [9.17, 15) is 4.39 Å². The molecular formula is C16H19BrFN3. The molecule has 0 saturated heterocycles. The Morgan fingerprint density at radius 2 is 2.19 bits per heavy atom. The van der Waals surface area contributed by atoms with Gasteiger partial charge in [-0.3, -0.25) is 4.98 Å². The fourth-order valence-corrected chi connectivity index (χ4v) is 2.71. The zero-order chi connectivity index (χ0) is 15.2. The van der Waals surface area contributed by atoms with Gasteiger partial charge in [0, 0.05) is 28.6 Å². The van der Waals surface area contributed by atoms with E-state index in [-0.39, 0.29) is 11.9 Å². The van der Waals surface area contributed by atoms with Crippen molar-refractivity contribution in [1.82, 2.24) is 10.3 Å². The van der Waals surface area contributed by atoms with E-state index >= 15 is 0 Å². The van der Waals surface area contributed by atoms with E-state index in [1.807, 2.05) is 6.07 Å². The summed E-state index contributed by atoms with van der Waals surface area (Å²) in [5.41, 5.74) is 8.56. The summed E-state index contributed by atoms with van der Waals surface area (Å²) in [6.45, 7) is 2.96. The van der Waals surface area contributed by atoms with Crippen LogP contribution in [0, 0.1) is 5.82 Å². The van der Waals surface area contributed by atoms with E-state index in [2.05, 4.69) is 33.2 Å². The van der Waals surface area contributed by atoms with Gasteiger partial charge in [-0.25, -0.2) is 4.39 Å². The normalized spacial score (nSPS) is 12.3. The Kier molecular flexibility index (Phi) is 5.70. The number of nitrogen functional groups attached to an aromatic ring is 1. The molecule has 0 radical (unpaired) electrons. The number of rotatable bonds is 6. The third kappa shape index (κ3) is 4.51. The average molecular weight is 352 g/mol. The highest BCUT2D eigenvalue weighted by Crippen LogP contribution is 2.25. The summed E-state index contributed by atoms with van der Waals surface area (Å²) in [6.07, 6.45) is 5.13. The monoisotopic (exact) mass is 351 g/mol. The molecule has 0 saturated carbocycles. The zero-order valence-corrected chi connectivity index (χ0v) is 13.5. The van der Waals surface area contributed by atoms with Crippen LogP contribution < -0.4 is 11.1 Å². The van der Waals surface area contributed by atoms with Gasteiger partial charge in [-0.15, -0.1) is 0 Å². The van der Waals surface area contributed by atoms with Gasteiger partial charge in [0.15, 0.2) is 0 Å². The Hall–Kier alpha value is -1.46. The fraction of sp³-hybridized carbons (Fsp3) is 0.312. The van der Waals surface area contributed by atoms with Gasteiger partial charge in [0.25, 0.3) is 0 Å². The minimum Gasteiger partial charge on any atom is -0.398 e. The van der Waals surface area contributed by atoms with Crippen LogP contribution in [0.15, 0.2) is 41.1 Å². The molecule has 2 aromatic rings. The number of nitrogens with one attached hydrogen (secondary N) is 1. The van der Waals surface area contributed by atoms with Crippen molar-refractivity contribution in [3.05, 3.63) is 58.1 Å².